The van der Waals surface area contributed by atoms with Crippen LogP contribution in [-0.4, -0.2) is 10.9 Å². The summed E-state index contributed by atoms with van der Waals surface area (Å²) in [5.41, 5.74) is 12.2. The molecule has 4 N–H and O–H groups in total. The average molecular weight is 177 g/mol. The number of hydrogen-bond acceptors (Lipinski definition) is 3. The molecule has 0 aliphatic heterocycles. The Balaban J connectivity index is 3.00. The molecular formula is C9H11N3O. The van der Waals surface area contributed by atoms with Gasteiger partial charge >= 0.3 is 0 Å². The van der Waals surface area contributed by atoms with Crippen LogP contribution < -0.4 is 11.5 Å². The Bertz CT molecular complexity index is 358. The van der Waals surface area contributed by atoms with Crippen molar-refractivity contribution >= 4 is 17.8 Å². The molecule has 0 aromatic carbocycles. The zero-order valence-electron chi connectivity index (χ0n) is 7.32. The third-order valence-corrected chi connectivity index (χ3v) is 1.51. The molecule has 1 heterocycles. The van der Waals surface area contributed by atoms with E-state index in [1.165, 1.54) is 6.08 Å². The molecular weight excluding hydrogens is 166 g/mol. The third-order valence-electron chi connectivity index (χ3n) is 1.51. The molecule has 68 valence electrons. The monoisotopic (exact) mass is 177 g/mol. The molecule has 0 aliphatic carbocycles. The van der Waals surface area contributed by atoms with Crippen molar-refractivity contribution < 1.29 is 4.79 Å². The minimum atomic E-state index is -0.499. The predicted molar refractivity (Wildman–Crippen MR) is 51.6 cm³/mol. The van der Waals surface area contributed by atoms with Gasteiger partial charge in [0, 0.05) is 17.8 Å². The Morgan fingerprint density at radius 1 is 1.62 bits per heavy atom. The van der Waals surface area contributed by atoms with Gasteiger partial charge in [0.25, 0.3) is 0 Å². The van der Waals surface area contributed by atoms with Crippen molar-refractivity contribution in [2.75, 3.05) is 5.73 Å². The van der Waals surface area contributed by atoms with Crippen LogP contribution in [0.1, 0.15) is 11.1 Å². The number of amides is 1. The number of nitrogen functional groups attached to an aromatic ring is 1. The molecule has 0 atom stereocenters. The number of carbonyl (C=O) groups excluding carboxylic acids is 1. The van der Waals surface area contributed by atoms with Gasteiger partial charge in [-0.3, -0.25) is 4.79 Å². The maximum absolute atomic E-state index is 10.4. The molecule has 0 spiro atoms. The summed E-state index contributed by atoms with van der Waals surface area (Å²) in [5, 5.41) is 0. The quantitative estimate of drug-likeness (QED) is 0.644. The lowest BCUT2D eigenvalue weighted by Gasteiger charge is -1.99. The minimum Gasteiger partial charge on any atom is -0.383 e. The van der Waals surface area contributed by atoms with Gasteiger partial charge in [-0.05, 0) is 24.6 Å². The first-order valence-corrected chi connectivity index (χ1v) is 3.79. The number of hydrogen-bond donors (Lipinski definition) is 2. The number of primary amides is 1. The van der Waals surface area contributed by atoms with E-state index in [2.05, 4.69) is 4.98 Å². The van der Waals surface area contributed by atoms with E-state index in [-0.39, 0.29) is 0 Å². The van der Waals surface area contributed by atoms with E-state index in [1.807, 2.05) is 13.0 Å². The fraction of sp³-hybridized carbons (Fsp3) is 0.111. The van der Waals surface area contributed by atoms with Gasteiger partial charge in [0.15, 0.2) is 0 Å². The van der Waals surface area contributed by atoms with Gasteiger partial charge in [0.05, 0.1) is 0 Å². The SMILES string of the molecule is Cc1cnc(N)c(C=CC(N)=O)c1. The molecule has 1 rings (SSSR count). The van der Waals surface area contributed by atoms with Gasteiger partial charge in [-0.25, -0.2) is 4.98 Å². The third kappa shape index (κ3) is 2.59. The van der Waals surface area contributed by atoms with E-state index in [9.17, 15) is 4.79 Å². The first-order chi connectivity index (χ1) is 6.09. The number of pyridine rings is 1. The Morgan fingerprint density at radius 2 is 2.31 bits per heavy atom. The van der Waals surface area contributed by atoms with Gasteiger partial charge in [-0.2, -0.15) is 0 Å². The number of carbonyl (C=O) groups is 1. The topological polar surface area (TPSA) is 82.0 Å². The van der Waals surface area contributed by atoms with Crippen molar-refractivity contribution in [1.82, 2.24) is 4.98 Å². The number of aryl methyl sites for hydroxylation is 1. The summed E-state index contributed by atoms with van der Waals surface area (Å²) in [7, 11) is 0. The average Bonchev–Trinajstić information content (AvgIpc) is 2.06. The van der Waals surface area contributed by atoms with Crippen LogP contribution in [0.3, 0.4) is 0 Å². The second-order valence-corrected chi connectivity index (χ2v) is 2.72. The van der Waals surface area contributed by atoms with E-state index in [1.54, 1.807) is 12.3 Å². The standard InChI is InChI=1S/C9H11N3O/c1-6-4-7(2-3-8(10)13)9(11)12-5-6/h2-5H,1H3,(H2,10,13)(H2,11,12). The summed E-state index contributed by atoms with van der Waals surface area (Å²) in [6.45, 7) is 1.90. The second-order valence-electron chi connectivity index (χ2n) is 2.72. The number of nitrogens with two attached hydrogens (primary N) is 2. The molecule has 13 heavy (non-hydrogen) atoms. The largest absolute Gasteiger partial charge is 0.383 e. The van der Waals surface area contributed by atoms with E-state index >= 15 is 0 Å². The summed E-state index contributed by atoms with van der Waals surface area (Å²) in [4.78, 5) is 14.4. The molecule has 1 aromatic heterocycles. The lowest BCUT2D eigenvalue weighted by atomic mass is 10.2. The van der Waals surface area contributed by atoms with Crippen molar-refractivity contribution in [3.8, 4) is 0 Å². The summed E-state index contributed by atoms with van der Waals surface area (Å²) in [6, 6.07) is 1.84. The first-order valence-electron chi connectivity index (χ1n) is 3.79. The van der Waals surface area contributed by atoms with Crippen molar-refractivity contribution in [2.24, 2.45) is 5.73 Å². The maximum Gasteiger partial charge on any atom is 0.241 e. The first kappa shape index (κ1) is 9.25. The zero-order valence-corrected chi connectivity index (χ0v) is 7.32. The zero-order chi connectivity index (χ0) is 9.84. The Hall–Kier alpha value is -1.84. The highest BCUT2D eigenvalue weighted by Gasteiger charge is 1.96. The number of nitrogens with zero attached hydrogens (tertiary/aromatic N) is 1. The Labute approximate surface area is 76.3 Å². The smallest absolute Gasteiger partial charge is 0.241 e. The summed E-state index contributed by atoms with van der Waals surface area (Å²) in [5.74, 6) is -0.107. The number of aromatic nitrogens is 1. The highest BCUT2D eigenvalue weighted by atomic mass is 16.1. The molecule has 0 aliphatic rings. The molecule has 0 saturated carbocycles. The molecule has 0 unspecified atom stereocenters. The van der Waals surface area contributed by atoms with Crippen molar-refractivity contribution in [3.63, 3.8) is 0 Å². The van der Waals surface area contributed by atoms with Crippen LogP contribution in [0.4, 0.5) is 5.82 Å². The number of anilines is 1. The minimum absolute atomic E-state index is 0.392. The van der Waals surface area contributed by atoms with Crippen LogP contribution in [0.25, 0.3) is 6.08 Å². The lowest BCUT2D eigenvalue weighted by molar-refractivity contribution is -0.113. The Kier molecular flexibility index (Phi) is 2.64. The molecule has 1 amide bonds. The van der Waals surface area contributed by atoms with Gasteiger partial charge in [-0.15, -0.1) is 0 Å². The van der Waals surface area contributed by atoms with E-state index < -0.39 is 5.91 Å². The highest BCUT2D eigenvalue weighted by molar-refractivity contribution is 5.90. The van der Waals surface area contributed by atoms with E-state index in [4.69, 9.17) is 11.5 Å². The fourth-order valence-electron chi connectivity index (χ4n) is 0.908. The number of rotatable bonds is 2. The Morgan fingerprint density at radius 3 is 2.92 bits per heavy atom. The van der Waals surface area contributed by atoms with Crippen molar-refractivity contribution in [1.29, 1.82) is 0 Å². The molecule has 0 saturated heterocycles. The summed E-state index contributed by atoms with van der Waals surface area (Å²) >= 11 is 0. The maximum atomic E-state index is 10.4. The van der Waals surface area contributed by atoms with Gasteiger partial charge in [0.2, 0.25) is 5.91 Å². The molecule has 1 aromatic rings. The fourth-order valence-corrected chi connectivity index (χ4v) is 0.908. The van der Waals surface area contributed by atoms with E-state index in [0.717, 1.165) is 5.56 Å². The van der Waals surface area contributed by atoms with Crippen LogP contribution >= 0.6 is 0 Å². The molecule has 0 fully saturated rings. The van der Waals surface area contributed by atoms with E-state index in [0.29, 0.717) is 11.4 Å². The summed E-state index contributed by atoms with van der Waals surface area (Å²) in [6.07, 6.45) is 4.47. The highest BCUT2D eigenvalue weighted by Crippen LogP contribution is 2.11. The molecule has 4 nitrogen and oxygen atoms in total. The van der Waals surface area contributed by atoms with Crippen LogP contribution in [-0.2, 0) is 4.79 Å². The van der Waals surface area contributed by atoms with Crippen molar-refractivity contribution in [3.05, 3.63) is 29.5 Å². The predicted octanol–water partition coefficient (Wildman–Crippen LogP) is 0.471. The normalized spacial score (nSPS) is 10.5. The van der Waals surface area contributed by atoms with Gasteiger partial charge < -0.3 is 11.5 Å². The second kappa shape index (κ2) is 3.71. The van der Waals surface area contributed by atoms with Crippen LogP contribution in [0.15, 0.2) is 18.3 Å². The van der Waals surface area contributed by atoms with Gasteiger partial charge in [0.1, 0.15) is 5.82 Å². The molecule has 0 bridgehead atoms. The molecule has 0 radical (unpaired) electrons. The summed E-state index contributed by atoms with van der Waals surface area (Å²) < 4.78 is 0. The van der Waals surface area contributed by atoms with Crippen LogP contribution in [0, 0.1) is 6.92 Å². The van der Waals surface area contributed by atoms with Crippen LogP contribution in [0.2, 0.25) is 0 Å². The molecule has 4 heteroatoms. The lowest BCUT2D eigenvalue weighted by Crippen LogP contribution is -2.05. The van der Waals surface area contributed by atoms with Crippen LogP contribution in [0.5, 0.6) is 0 Å². The van der Waals surface area contributed by atoms with Crippen molar-refractivity contribution in [2.45, 2.75) is 6.92 Å². The van der Waals surface area contributed by atoms with Gasteiger partial charge in [-0.1, -0.05) is 0 Å².